The largest absolute Gasteiger partial charge is 0.328 e. The smallest absolute Gasteiger partial charge is 0.0511 e. The van der Waals surface area contributed by atoms with E-state index in [0.717, 1.165) is 64.6 Å². The summed E-state index contributed by atoms with van der Waals surface area (Å²) < 4.78 is 0. The average molecular weight is 615 g/mol. The third-order valence-corrected chi connectivity index (χ3v) is 9.54. The Kier molecular flexibility index (Phi) is 15.7. The molecule has 256 valence electrons. The quantitative estimate of drug-likeness (QED) is 0.253. The maximum absolute atomic E-state index is 6.37. The van der Waals surface area contributed by atoms with E-state index in [1.165, 1.54) is 12.8 Å². The molecular weight excluding hydrogens is 540 g/mol. The number of hydrogen-bond acceptors (Lipinski definition) is 6. The van der Waals surface area contributed by atoms with Crippen molar-refractivity contribution in [3.63, 3.8) is 0 Å². The molecule has 0 radical (unpaired) electrons. The Bertz CT molecular complexity index is 962. The molecule has 6 nitrogen and oxygen atoms in total. The van der Waals surface area contributed by atoms with Crippen molar-refractivity contribution in [2.24, 2.45) is 63.9 Å². The Morgan fingerprint density at radius 1 is 0.477 bits per heavy atom. The maximum atomic E-state index is 6.37. The van der Waals surface area contributed by atoms with E-state index in [1.807, 2.05) is 52.6 Å². The molecule has 4 N–H and O–H groups in total. The highest BCUT2D eigenvalue weighted by Crippen LogP contribution is 2.48. The molecule has 6 atom stereocenters. The molecule has 6 heteroatoms. The lowest BCUT2D eigenvalue weighted by atomic mass is 9.63. The van der Waals surface area contributed by atoms with Crippen LogP contribution >= 0.6 is 0 Å². The molecule has 3 aliphatic carbocycles. The first kappa shape index (κ1) is 40.6. The average Bonchev–Trinajstić information content (AvgIpc) is 2.84. The van der Waals surface area contributed by atoms with Gasteiger partial charge in [0.15, 0.2) is 0 Å². The van der Waals surface area contributed by atoms with Crippen molar-refractivity contribution in [2.45, 2.75) is 166 Å². The Labute approximate surface area is 273 Å². The summed E-state index contributed by atoms with van der Waals surface area (Å²) >= 11 is 0. The fraction of sp³-hybridized carbons (Fsp3) is 0.895. The highest BCUT2D eigenvalue weighted by atomic mass is 14.8. The molecule has 3 saturated carbocycles. The van der Waals surface area contributed by atoms with E-state index >= 15 is 0 Å². The molecule has 3 rings (SSSR count). The van der Waals surface area contributed by atoms with Gasteiger partial charge in [0.25, 0.3) is 0 Å². The van der Waals surface area contributed by atoms with Crippen LogP contribution in [-0.2, 0) is 0 Å². The van der Waals surface area contributed by atoms with Crippen LogP contribution in [0, 0.1) is 32.5 Å². The molecule has 0 aromatic carbocycles. The number of aliphatic imine (C=N–C) groups is 4. The first-order chi connectivity index (χ1) is 20.3. The summed E-state index contributed by atoms with van der Waals surface area (Å²) in [4.78, 5) is 19.3. The summed E-state index contributed by atoms with van der Waals surface area (Å²) in [6.07, 6.45) is 17.7. The minimum atomic E-state index is 0.134. The highest BCUT2D eigenvalue weighted by Gasteiger charge is 2.42. The molecule has 0 spiro atoms. The predicted molar refractivity (Wildman–Crippen MR) is 198 cm³/mol. The van der Waals surface area contributed by atoms with Crippen LogP contribution in [-0.4, -0.2) is 62.6 Å². The summed E-state index contributed by atoms with van der Waals surface area (Å²) in [6, 6.07) is 0.862. The second kappa shape index (κ2) is 17.0. The van der Waals surface area contributed by atoms with Crippen molar-refractivity contribution >= 4 is 24.9 Å². The molecule has 0 heterocycles. The lowest BCUT2D eigenvalue weighted by Crippen LogP contribution is -2.43. The first-order valence-corrected chi connectivity index (χ1v) is 17.8. The third kappa shape index (κ3) is 14.4. The van der Waals surface area contributed by atoms with Crippen molar-refractivity contribution < 1.29 is 0 Å². The predicted octanol–water partition coefficient (Wildman–Crippen LogP) is 8.99. The van der Waals surface area contributed by atoms with Gasteiger partial charge in [-0.05, 0) is 90.3 Å². The standard InChI is InChI=1S/C34H62N6.2C2H6/c1-29(2)14-26(35)16-32(7,20-29)23-37-10-11-38-25-34(9)19-28(18-31(5,6)22-34)40-13-12-39-24-33(8)17-27(36)15-30(3,4)21-33;2*1-2/h10-13,26-28H,14-25,35-36H2,1-9H3;2*1-2H3. The van der Waals surface area contributed by atoms with Gasteiger partial charge in [0.2, 0.25) is 0 Å². The normalized spacial score (nSPS) is 36.7. The monoisotopic (exact) mass is 615 g/mol. The van der Waals surface area contributed by atoms with E-state index in [4.69, 9.17) is 31.4 Å². The number of nitrogens with zero attached hydrogens (tertiary/aromatic N) is 4. The number of rotatable bonds is 9. The van der Waals surface area contributed by atoms with Gasteiger partial charge in [-0.15, -0.1) is 0 Å². The van der Waals surface area contributed by atoms with Crippen LogP contribution in [0.3, 0.4) is 0 Å². The first-order valence-electron chi connectivity index (χ1n) is 17.8. The molecule has 0 bridgehead atoms. The molecule has 0 saturated heterocycles. The van der Waals surface area contributed by atoms with E-state index in [-0.39, 0.29) is 33.7 Å². The van der Waals surface area contributed by atoms with E-state index < -0.39 is 0 Å². The zero-order valence-electron chi connectivity index (χ0n) is 31.5. The third-order valence-electron chi connectivity index (χ3n) is 9.54. The second-order valence-electron chi connectivity index (χ2n) is 17.6. The van der Waals surface area contributed by atoms with Crippen LogP contribution in [0.4, 0.5) is 0 Å². The molecule has 3 fully saturated rings. The Morgan fingerprint density at radius 3 is 1.16 bits per heavy atom. The highest BCUT2D eigenvalue weighted by molar-refractivity contribution is 6.16. The van der Waals surface area contributed by atoms with Gasteiger partial charge in [0.1, 0.15) is 0 Å². The Hall–Kier alpha value is -1.40. The van der Waals surface area contributed by atoms with E-state index in [2.05, 4.69) is 62.3 Å². The SMILES string of the molecule is CC.CC.CC1(C)CC(N)CC(C)(CN=CC=NCC2(C)CC(N=CC=NCC3(C)CC(N)CC(C)(C)C3)CC(C)(C)C2)C1. The second-order valence-corrected chi connectivity index (χ2v) is 17.6. The molecule has 0 amide bonds. The van der Waals surface area contributed by atoms with Crippen LogP contribution in [0.5, 0.6) is 0 Å². The van der Waals surface area contributed by atoms with E-state index in [1.54, 1.807) is 0 Å². The zero-order valence-corrected chi connectivity index (χ0v) is 31.5. The van der Waals surface area contributed by atoms with Crippen LogP contribution < -0.4 is 11.5 Å². The van der Waals surface area contributed by atoms with Gasteiger partial charge in [-0.3, -0.25) is 20.0 Å². The minimum Gasteiger partial charge on any atom is -0.328 e. The van der Waals surface area contributed by atoms with Crippen molar-refractivity contribution in [1.29, 1.82) is 0 Å². The van der Waals surface area contributed by atoms with Gasteiger partial charge >= 0.3 is 0 Å². The van der Waals surface area contributed by atoms with Crippen LogP contribution in [0.15, 0.2) is 20.0 Å². The van der Waals surface area contributed by atoms with Crippen LogP contribution in [0.25, 0.3) is 0 Å². The molecule has 44 heavy (non-hydrogen) atoms. The minimum absolute atomic E-state index is 0.134. The Morgan fingerprint density at radius 2 is 0.795 bits per heavy atom. The van der Waals surface area contributed by atoms with Gasteiger partial charge in [-0.2, -0.15) is 0 Å². The zero-order chi connectivity index (χ0) is 33.9. The van der Waals surface area contributed by atoms with Gasteiger partial charge < -0.3 is 11.5 Å². The summed E-state index contributed by atoms with van der Waals surface area (Å²) in [6.45, 7) is 31.6. The van der Waals surface area contributed by atoms with E-state index in [0.29, 0.717) is 16.9 Å². The maximum Gasteiger partial charge on any atom is 0.0511 e. The Balaban J connectivity index is 0.00000232. The van der Waals surface area contributed by atoms with Gasteiger partial charge in [-0.1, -0.05) is 90.0 Å². The van der Waals surface area contributed by atoms with Crippen molar-refractivity contribution in [1.82, 2.24) is 0 Å². The van der Waals surface area contributed by atoms with Crippen LogP contribution in [0.1, 0.15) is 148 Å². The lowest BCUT2D eigenvalue weighted by Gasteiger charge is -2.45. The molecule has 0 aromatic rings. The lowest BCUT2D eigenvalue weighted by molar-refractivity contribution is 0.0905. The number of hydrogen-bond donors (Lipinski definition) is 2. The fourth-order valence-electron chi connectivity index (χ4n) is 9.60. The summed E-state index contributed by atoms with van der Waals surface area (Å²) in [5.74, 6) is 0. The van der Waals surface area contributed by atoms with Crippen molar-refractivity contribution in [3.8, 4) is 0 Å². The van der Waals surface area contributed by atoms with E-state index in [9.17, 15) is 0 Å². The van der Waals surface area contributed by atoms with Gasteiger partial charge in [0, 0.05) is 56.6 Å². The molecular formula is C38H74N6. The number of nitrogens with two attached hydrogens (primary N) is 2. The van der Waals surface area contributed by atoms with Gasteiger partial charge in [-0.25, -0.2) is 0 Å². The molecule has 6 unspecified atom stereocenters. The molecule has 0 aromatic heterocycles. The summed E-state index contributed by atoms with van der Waals surface area (Å²) in [7, 11) is 0. The van der Waals surface area contributed by atoms with Crippen molar-refractivity contribution in [2.75, 3.05) is 19.6 Å². The molecule has 3 aliphatic rings. The fourth-order valence-corrected chi connectivity index (χ4v) is 9.60. The van der Waals surface area contributed by atoms with Gasteiger partial charge in [0.05, 0.1) is 6.04 Å². The molecule has 0 aliphatic heterocycles. The summed E-state index contributed by atoms with van der Waals surface area (Å²) in [5.41, 5.74) is 14.1. The van der Waals surface area contributed by atoms with Crippen molar-refractivity contribution in [3.05, 3.63) is 0 Å². The summed E-state index contributed by atoms with van der Waals surface area (Å²) in [5, 5.41) is 0. The topological polar surface area (TPSA) is 101 Å². The van der Waals surface area contributed by atoms with Crippen LogP contribution in [0.2, 0.25) is 0 Å².